The molecule has 1 aliphatic rings. The number of ether oxygens (including phenoxy) is 1. The summed E-state index contributed by atoms with van der Waals surface area (Å²) in [4.78, 5) is 25.1. The van der Waals surface area contributed by atoms with Crippen LogP contribution in [0.15, 0.2) is 18.2 Å². The Bertz CT molecular complexity index is 547. The van der Waals surface area contributed by atoms with E-state index in [1.165, 1.54) is 0 Å². The number of carbonyl (C=O) groups is 2. The minimum absolute atomic E-state index is 0.124. The van der Waals surface area contributed by atoms with Crippen LogP contribution in [0.5, 0.6) is 5.75 Å². The van der Waals surface area contributed by atoms with Crippen LogP contribution in [0.4, 0.5) is 11.4 Å². The fourth-order valence-corrected chi connectivity index (χ4v) is 2.49. The first-order valence-electron chi connectivity index (χ1n) is 6.78. The summed E-state index contributed by atoms with van der Waals surface area (Å²) in [5.41, 5.74) is 12.1. The van der Waals surface area contributed by atoms with E-state index >= 15 is 0 Å². The number of nitrogens with two attached hydrogens (primary N) is 2. The summed E-state index contributed by atoms with van der Waals surface area (Å²) in [7, 11) is 1.55. The van der Waals surface area contributed by atoms with Crippen molar-refractivity contribution in [3.63, 3.8) is 0 Å². The molecule has 0 saturated carbocycles. The molecule has 1 unspecified atom stereocenters. The Kier molecular flexibility index (Phi) is 4.64. The fraction of sp³-hybridized carbons (Fsp3) is 0.429. The van der Waals surface area contributed by atoms with Gasteiger partial charge in [-0.1, -0.05) is 0 Å². The van der Waals surface area contributed by atoms with E-state index < -0.39 is 0 Å². The van der Waals surface area contributed by atoms with Gasteiger partial charge in [-0.3, -0.25) is 14.5 Å². The molecule has 2 rings (SSSR count). The maximum Gasteiger partial charge on any atom is 0.238 e. The van der Waals surface area contributed by atoms with E-state index in [9.17, 15) is 9.59 Å². The largest absolute Gasteiger partial charge is 0.497 e. The van der Waals surface area contributed by atoms with Crippen LogP contribution < -0.4 is 21.5 Å². The van der Waals surface area contributed by atoms with Crippen LogP contribution in [0.3, 0.4) is 0 Å². The minimum atomic E-state index is -0.385. The third-order valence-corrected chi connectivity index (χ3v) is 3.57. The molecule has 114 valence electrons. The van der Waals surface area contributed by atoms with Gasteiger partial charge in [0, 0.05) is 6.07 Å². The molecule has 7 nitrogen and oxygen atoms in total. The number of anilines is 2. The van der Waals surface area contributed by atoms with Crippen LogP contribution in [-0.2, 0) is 9.59 Å². The summed E-state index contributed by atoms with van der Waals surface area (Å²) in [6, 6.07) is 4.68. The lowest BCUT2D eigenvalue weighted by molar-refractivity contribution is -0.123. The van der Waals surface area contributed by atoms with E-state index in [0.717, 1.165) is 6.42 Å². The zero-order chi connectivity index (χ0) is 15.4. The number of carbonyl (C=O) groups excluding carboxylic acids is 2. The quantitative estimate of drug-likeness (QED) is 0.670. The normalized spacial score (nSPS) is 18.4. The number of nitrogens with zero attached hydrogens (tertiary/aromatic N) is 1. The lowest BCUT2D eigenvalue weighted by Crippen LogP contribution is -2.43. The average molecular weight is 292 g/mol. The van der Waals surface area contributed by atoms with Gasteiger partial charge in [0.1, 0.15) is 5.75 Å². The van der Waals surface area contributed by atoms with E-state index in [2.05, 4.69) is 5.32 Å². The van der Waals surface area contributed by atoms with Crippen molar-refractivity contribution >= 4 is 23.2 Å². The number of nitrogen functional groups attached to an aromatic ring is 1. The van der Waals surface area contributed by atoms with Crippen molar-refractivity contribution in [3.05, 3.63) is 18.2 Å². The van der Waals surface area contributed by atoms with Gasteiger partial charge >= 0.3 is 0 Å². The SMILES string of the molecule is COc1ccc(NC(=O)CN2CCCC2C(N)=O)c(N)c1. The molecule has 5 N–H and O–H groups in total. The van der Waals surface area contributed by atoms with E-state index in [-0.39, 0.29) is 24.4 Å². The smallest absolute Gasteiger partial charge is 0.238 e. The van der Waals surface area contributed by atoms with Crippen LogP contribution >= 0.6 is 0 Å². The summed E-state index contributed by atoms with van der Waals surface area (Å²) in [5, 5.41) is 2.73. The summed E-state index contributed by atoms with van der Waals surface area (Å²) >= 11 is 0. The molecule has 1 heterocycles. The van der Waals surface area contributed by atoms with E-state index in [4.69, 9.17) is 16.2 Å². The maximum absolute atomic E-state index is 12.1. The van der Waals surface area contributed by atoms with Gasteiger partial charge in [-0.25, -0.2) is 0 Å². The van der Waals surface area contributed by atoms with Gasteiger partial charge in [0.2, 0.25) is 11.8 Å². The van der Waals surface area contributed by atoms with Crippen LogP contribution in [0.1, 0.15) is 12.8 Å². The molecule has 1 aromatic carbocycles. The van der Waals surface area contributed by atoms with Crippen molar-refractivity contribution in [2.75, 3.05) is 31.2 Å². The van der Waals surface area contributed by atoms with Crippen molar-refractivity contribution in [3.8, 4) is 5.75 Å². The first-order valence-corrected chi connectivity index (χ1v) is 6.78. The predicted octanol–water partition coefficient (Wildman–Crippen LogP) is 0.166. The molecular weight excluding hydrogens is 272 g/mol. The van der Waals surface area contributed by atoms with Crippen LogP contribution in [0.25, 0.3) is 0 Å². The van der Waals surface area contributed by atoms with Crippen molar-refractivity contribution in [2.24, 2.45) is 5.73 Å². The monoisotopic (exact) mass is 292 g/mol. The first kappa shape index (κ1) is 15.1. The summed E-state index contributed by atoms with van der Waals surface area (Å²) in [6.45, 7) is 0.818. The van der Waals surface area contributed by atoms with E-state index in [0.29, 0.717) is 30.1 Å². The number of hydrogen-bond donors (Lipinski definition) is 3. The van der Waals surface area contributed by atoms with Gasteiger partial charge in [-0.2, -0.15) is 0 Å². The molecule has 21 heavy (non-hydrogen) atoms. The topological polar surface area (TPSA) is 111 Å². The van der Waals surface area contributed by atoms with Gasteiger partial charge in [0.15, 0.2) is 0 Å². The third-order valence-electron chi connectivity index (χ3n) is 3.57. The van der Waals surface area contributed by atoms with Crippen molar-refractivity contribution in [2.45, 2.75) is 18.9 Å². The Morgan fingerprint density at radius 3 is 2.86 bits per heavy atom. The van der Waals surface area contributed by atoms with Crippen LogP contribution in [0, 0.1) is 0 Å². The van der Waals surface area contributed by atoms with Crippen molar-refractivity contribution < 1.29 is 14.3 Å². The Labute approximate surface area is 123 Å². The second-order valence-electron chi connectivity index (χ2n) is 5.03. The zero-order valence-electron chi connectivity index (χ0n) is 12.0. The molecule has 2 amide bonds. The Morgan fingerprint density at radius 2 is 2.24 bits per heavy atom. The highest BCUT2D eigenvalue weighted by molar-refractivity contribution is 5.95. The summed E-state index contributed by atoms with van der Waals surface area (Å²) < 4.78 is 5.05. The molecule has 0 aliphatic carbocycles. The highest BCUT2D eigenvalue weighted by Crippen LogP contribution is 2.24. The molecule has 1 saturated heterocycles. The van der Waals surface area contributed by atoms with Crippen LogP contribution in [0.2, 0.25) is 0 Å². The summed E-state index contributed by atoms with van der Waals surface area (Å²) in [5.74, 6) is 0.0168. The van der Waals surface area contributed by atoms with Crippen molar-refractivity contribution in [1.29, 1.82) is 0 Å². The van der Waals surface area contributed by atoms with Crippen LogP contribution in [-0.4, -0.2) is 43.0 Å². The number of primary amides is 1. The number of benzene rings is 1. The molecule has 0 radical (unpaired) electrons. The van der Waals surface area contributed by atoms with Gasteiger partial charge in [0.05, 0.1) is 31.1 Å². The molecule has 1 atom stereocenters. The molecule has 0 aromatic heterocycles. The third kappa shape index (κ3) is 3.63. The fourth-order valence-electron chi connectivity index (χ4n) is 2.49. The average Bonchev–Trinajstić information content (AvgIpc) is 2.89. The molecular formula is C14H20N4O3. The lowest BCUT2D eigenvalue weighted by Gasteiger charge is -2.21. The number of rotatable bonds is 5. The highest BCUT2D eigenvalue weighted by atomic mass is 16.5. The molecule has 0 spiro atoms. The predicted molar refractivity (Wildman–Crippen MR) is 79.8 cm³/mol. The minimum Gasteiger partial charge on any atom is -0.497 e. The standard InChI is InChI=1S/C14H20N4O3/c1-21-9-4-5-11(10(15)7-9)17-13(19)8-18-6-2-3-12(18)14(16)20/h4-5,7,12H,2-3,6,8,15H2,1H3,(H2,16,20)(H,17,19). The highest BCUT2D eigenvalue weighted by Gasteiger charge is 2.30. The molecule has 0 bridgehead atoms. The van der Waals surface area contributed by atoms with Gasteiger partial charge in [0.25, 0.3) is 0 Å². The van der Waals surface area contributed by atoms with E-state index in [1.807, 2.05) is 0 Å². The number of methoxy groups -OCH3 is 1. The number of amides is 2. The van der Waals surface area contributed by atoms with Gasteiger partial charge in [-0.05, 0) is 31.5 Å². The molecule has 1 aromatic rings. The van der Waals surface area contributed by atoms with Gasteiger partial charge in [-0.15, -0.1) is 0 Å². The van der Waals surface area contributed by atoms with Gasteiger partial charge < -0.3 is 21.5 Å². The number of hydrogen-bond acceptors (Lipinski definition) is 5. The second kappa shape index (κ2) is 6.45. The Balaban J connectivity index is 1.97. The maximum atomic E-state index is 12.1. The number of nitrogens with one attached hydrogen (secondary N) is 1. The second-order valence-corrected chi connectivity index (χ2v) is 5.03. The molecule has 1 aliphatic heterocycles. The van der Waals surface area contributed by atoms with Crippen molar-refractivity contribution in [1.82, 2.24) is 4.90 Å². The number of likely N-dealkylation sites (tertiary alicyclic amines) is 1. The van der Waals surface area contributed by atoms with E-state index in [1.54, 1.807) is 30.2 Å². The summed E-state index contributed by atoms with van der Waals surface area (Å²) in [6.07, 6.45) is 1.57. The molecule has 7 heteroatoms. The zero-order valence-corrected chi connectivity index (χ0v) is 12.0. The lowest BCUT2D eigenvalue weighted by atomic mass is 10.2. The Morgan fingerprint density at radius 1 is 1.48 bits per heavy atom. The molecule has 1 fully saturated rings. The first-order chi connectivity index (χ1) is 10.0. The Hall–Kier alpha value is -2.28.